The summed E-state index contributed by atoms with van der Waals surface area (Å²) in [5, 5.41) is 22.9. The molecule has 4 N–H and O–H groups in total. The minimum atomic E-state index is -1.11. The summed E-state index contributed by atoms with van der Waals surface area (Å²) in [6, 6.07) is 0. The molecule has 0 bridgehead atoms. The van der Waals surface area contributed by atoms with Crippen molar-refractivity contribution < 1.29 is 19.7 Å². The Bertz CT molecular complexity index is 406. The number of carbonyl (C=O) groups excluding carboxylic acids is 1. The molecular formula is C8H12N4O4. The lowest BCUT2D eigenvalue weighted by molar-refractivity contribution is -0.0400. The number of rotatable bonds is 2. The van der Waals surface area contributed by atoms with E-state index in [1.54, 1.807) is 6.92 Å². The average molecular weight is 228 g/mol. The first-order chi connectivity index (χ1) is 7.50. The second-order valence-electron chi connectivity index (χ2n) is 3.63. The first-order valence-corrected chi connectivity index (χ1v) is 4.73. The van der Waals surface area contributed by atoms with Crippen molar-refractivity contribution in [3.8, 4) is 0 Å². The molecule has 16 heavy (non-hydrogen) atoms. The molecule has 1 aromatic rings. The van der Waals surface area contributed by atoms with Crippen molar-refractivity contribution in [1.29, 1.82) is 0 Å². The van der Waals surface area contributed by atoms with Crippen LogP contribution in [0.2, 0.25) is 0 Å². The summed E-state index contributed by atoms with van der Waals surface area (Å²) in [6.07, 6.45) is -2.26. The van der Waals surface area contributed by atoms with Crippen molar-refractivity contribution in [1.82, 2.24) is 14.8 Å². The normalized spacial score (nSPS) is 34.2. The Labute approximate surface area is 90.6 Å². The number of aromatic nitrogens is 3. The van der Waals surface area contributed by atoms with E-state index < -0.39 is 30.4 Å². The first-order valence-electron chi connectivity index (χ1n) is 4.73. The number of amides is 1. The van der Waals surface area contributed by atoms with Gasteiger partial charge in [-0.15, -0.1) is 5.10 Å². The molecule has 1 fully saturated rings. The minimum Gasteiger partial charge on any atom is -0.388 e. The van der Waals surface area contributed by atoms with E-state index in [0.717, 1.165) is 4.68 Å². The van der Waals surface area contributed by atoms with E-state index in [2.05, 4.69) is 10.1 Å². The SMILES string of the molecule is C[C@H]1O[C@@H](n2cnc(C(N)=O)n2)[C@H](O)[C@@H]1O. The summed E-state index contributed by atoms with van der Waals surface area (Å²) >= 11 is 0. The molecule has 0 saturated carbocycles. The zero-order valence-electron chi connectivity index (χ0n) is 8.52. The molecule has 2 heterocycles. The van der Waals surface area contributed by atoms with E-state index in [9.17, 15) is 15.0 Å². The van der Waals surface area contributed by atoms with Crippen molar-refractivity contribution in [2.24, 2.45) is 5.73 Å². The Hall–Kier alpha value is -1.51. The lowest BCUT2D eigenvalue weighted by Gasteiger charge is -2.13. The van der Waals surface area contributed by atoms with Gasteiger partial charge in [0.25, 0.3) is 5.91 Å². The Morgan fingerprint density at radius 3 is 2.69 bits per heavy atom. The summed E-state index contributed by atoms with van der Waals surface area (Å²) in [5.74, 6) is -0.926. The maximum absolute atomic E-state index is 10.8. The highest BCUT2D eigenvalue weighted by atomic mass is 16.6. The number of nitrogens with zero attached hydrogens (tertiary/aromatic N) is 3. The van der Waals surface area contributed by atoms with E-state index in [-0.39, 0.29) is 5.82 Å². The summed E-state index contributed by atoms with van der Waals surface area (Å²) in [5.41, 5.74) is 4.99. The van der Waals surface area contributed by atoms with Crippen LogP contribution in [0.4, 0.5) is 0 Å². The number of aliphatic hydroxyl groups excluding tert-OH is 2. The van der Waals surface area contributed by atoms with Gasteiger partial charge in [0.2, 0.25) is 5.82 Å². The van der Waals surface area contributed by atoms with Gasteiger partial charge in [-0.2, -0.15) is 0 Å². The highest BCUT2D eigenvalue weighted by Crippen LogP contribution is 2.28. The third-order valence-electron chi connectivity index (χ3n) is 2.47. The van der Waals surface area contributed by atoms with Crippen LogP contribution in [0.5, 0.6) is 0 Å². The number of aliphatic hydroxyl groups is 2. The van der Waals surface area contributed by atoms with Crippen molar-refractivity contribution in [2.45, 2.75) is 31.5 Å². The van der Waals surface area contributed by atoms with Gasteiger partial charge in [0.15, 0.2) is 6.23 Å². The molecular weight excluding hydrogens is 216 g/mol. The number of nitrogens with two attached hydrogens (primary N) is 1. The molecule has 4 atom stereocenters. The molecule has 2 rings (SSSR count). The molecule has 1 saturated heterocycles. The molecule has 0 aromatic carbocycles. The van der Waals surface area contributed by atoms with Crippen molar-refractivity contribution in [3.63, 3.8) is 0 Å². The van der Waals surface area contributed by atoms with Gasteiger partial charge < -0.3 is 20.7 Å². The fraction of sp³-hybridized carbons (Fsp3) is 0.625. The second-order valence-corrected chi connectivity index (χ2v) is 3.63. The number of hydrogen-bond acceptors (Lipinski definition) is 6. The van der Waals surface area contributed by atoms with Crippen molar-refractivity contribution >= 4 is 5.91 Å². The topological polar surface area (TPSA) is 123 Å². The average Bonchev–Trinajstić information content (AvgIpc) is 2.79. The first kappa shape index (κ1) is 11.0. The largest absolute Gasteiger partial charge is 0.388 e. The van der Waals surface area contributed by atoms with Gasteiger partial charge in [-0.1, -0.05) is 0 Å². The molecule has 88 valence electrons. The van der Waals surface area contributed by atoms with Gasteiger partial charge >= 0.3 is 0 Å². The van der Waals surface area contributed by atoms with Gasteiger partial charge in [0, 0.05) is 0 Å². The van der Waals surface area contributed by atoms with Crippen LogP contribution in [0.3, 0.4) is 0 Å². The quantitative estimate of drug-likeness (QED) is 0.538. The van der Waals surface area contributed by atoms with E-state index in [1.807, 2.05) is 0 Å². The third kappa shape index (κ3) is 1.66. The molecule has 1 aliphatic heterocycles. The number of primary amides is 1. The molecule has 1 aliphatic rings. The Kier molecular flexibility index (Phi) is 2.62. The fourth-order valence-electron chi connectivity index (χ4n) is 1.56. The number of ether oxygens (including phenoxy) is 1. The summed E-state index contributed by atoms with van der Waals surface area (Å²) < 4.78 is 6.44. The van der Waals surface area contributed by atoms with Crippen LogP contribution in [0, 0.1) is 0 Å². The van der Waals surface area contributed by atoms with Crippen LogP contribution < -0.4 is 5.73 Å². The van der Waals surface area contributed by atoms with Crippen LogP contribution in [0.25, 0.3) is 0 Å². The molecule has 0 spiro atoms. The van der Waals surface area contributed by atoms with E-state index >= 15 is 0 Å². The van der Waals surface area contributed by atoms with E-state index in [4.69, 9.17) is 10.5 Å². The zero-order valence-corrected chi connectivity index (χ0v) is 8.52. The zero-order chi connectivity index (χ0) is 11.9. The van der Waals surface area contributed by atoms with Gasteiger partial charge in [-0.3, -0.25) is 4.79 Å². The Morgan fingerprint density at radius 2 is 2.25 bits per heavy atom. The predicted octanol–water partition coefficient (Wildman–Crippen LogP) is -1.98. The number of hydrogen-bond donors (Lipinski definition) is 3. The minimum absolute atomic E-state index is 0.162. The molecule has 0 aliphatic carbocycles. The molecule has 0 radical (unpaired) electrons. The summed E-state index contributed by atoms with van der Waals surface area (Å²) in [4.78, 5) is 14.4. The smallest absolute Gasteiger partial charge is 0.288 e. The predicted molar refractivity (Wildman–Crippen MR) is 50.1 cm³/mol. The maximum Gasteiger partial charge on any atom is 0.288 e. The van der Waals surface area contributed by atoms with Gasteiger partial charge in [0.1, 0.15) is 18.5 Å². The van der Waals surface area contributed by atoms with E-state index in [0.29, 0.717) is 0 Å². The standard InChI is InChI=1S/C8H12N4O4/c1-3-4(13)5(14)8(16-3)12-2-10-7(11-12)6(9)15/h2-5,8,13-14H,1H3,(H2,9,15)/t3-,4-,5-,8-/m1/s1. The molecule has 0 unspecified atom stereocenters. The van der Waals surface area contributed by atoms with Crippen LogP contribution in [0.1, 0.15) is 23.8 Å². The fourth-order valence-corrected chi connectivity index (χ4v) is 1.56. The Morgan fingerprint density at radius 1 is 1.56 bits per heavy atom. The lowest BCUT2D eigenvalue weighted by atomic mass is 10.1. The van der Waals surface area contributed by atoms with Crippen LogP contribution in [-0.2, 0) is 4.74 Å². The molecule has 1 aromatic heterocycles. The highest BCUT2D eigenvalue weighted by Gasteiger charge is 2.41. The summed E-state index contributed by atoms with van der Waals surface area (Å²) in [7, 11) is 0. The molecule has 8 nitrogen and oxygen atoms in total. The van der Waals surface area contributed by atoms with Crippen molar-refractivity contribution in [2.75, 3.05) is 0 Å². The van der Waals surface area contributed by atoms with Gasteiger partial charge in [-0.25, -0.2) is 9.67 Å². The Balaban J connectivity index is 2.21. The highest BCUT2D eigenvalue weighted by molar-refractivity contribution is 5.88. The molecule has 1 amide bonds. The van der Waals surface area contributed by atoms with Gasteiger partial charge in [0.05, 0.1) is 6.10 Å². The second kappa shape index (κ2) is 3.81. The maximum atomic E-state index is 10.8. The van der Waals surface area contributed by atoms with Crippen LogP contribution in [0.15, 0.2) is 6.33 Å². The number of carbonyl (C=O) groups is 1. The van der Waals surface area contributed by atoms with Crippen molar-refractivity contribution in [3.05, 3.63) is 12.2 Å². The molecule has 8 heteroatoms. The van der Waals surface area contributed by atoms with Gasteiger partial charge in [-0.05, 0) is 6.92 Å². The lowest BCUT2D eigenvalue weighted by Crippen LogP contribution is -2.30. The monoisotopic (exact) mass is 228 g/mol. The summed E-state index contributed by atoms with van der Waals surface area (Å²) in [6.45, 7) is 1.62. The van der Waals surface area contributed by atoms with Crippen LogP contribution in [-0.4, -0.2) is 49.2 Å². The van der Waals surface area contributed by atoms with Crippen LogP contribution >= 0.6 is 0 Å². The third-order valence-corrected chi connectivity index (χ3v) is 2.47. The van der Waals surface area contributed by atoms with E-state index in [1.165, 1.54) is 6.33 Å².